The number of nitrogens with one attached hydrogen (secondary N) is 2. The van der Waals surface area contributed by atoms with Gasteiger partial charge in [-0.3, -0.25) is 9.59 Å². The third kappa shape index (κ3) is 4.01. The van der Waals surface area contributed by atoms with Gasteiger partial charge < -0.3 is 20.1 Å². The van der Waals surface area contributed by atoms with E-state index in [0.29, 0.717) is 35.3 Å². The zero-order valence-electron chi connectivity index (χ0n) is 11.9. The van der Waals surface area contributed by atoms with E-state index in [1.165, 1.54) is 6.07 Å². The van der Waals surface area contributed by atoms with E-state index in [9.17, 15) is 9.59 Å². The Morgan fingerprint density at radius 3 is 2.71 bits per heavy atom. The lowest BCUT2D eigenvalue weighted by Gasteiger charge is -2.20. The standard InChI is InChI=1S/C14H17ClN2O4/c1-8(2)17-12(18)7-16-14(19)9-5-10(15)13-11(6-9)20-3-4-21-13/h5-6,8H,3-4,7H2,1-2H3,(H,16,19)(H,17,18). The van der Waals surface area contributed by atoms with Crippen molar-refractivity contribution in [3.8, 4) is 11.5 Å². The third-order valence-corrected chi connectivity index (χ3v) is 3.00. The molecule has 2 amide bonds. The van der Waals surface area contributed by atoms with Crippen molar-refractivity contribution in [1.29, 1.82) is 0 Å². The minimum Gasteiger partial charge on any atom is -0.486 e. The number of carbonyl (C=O) groups excluding carboxylic acids is 2. The summed E-state index contributed by atoms with van der Waals surface area (Å²) in [5, 5.41) is 5.53. The lowest BCUT2D eigenvalue weighted by Crippen LogP contribution is -2.39. The summed E-state index contributed by atoms with van der Waals surface area (Å²) in [5.74, 6) is 0.234. The van der Waals surface area contributed by atoms with Crippen LogP contribution in [0.25, 0.3) is 0 Å². The molecule has 0 radical (unpaired) electrons. The van der Waals surface area contributed by atoms with Crippen LogP contribution in [0.4, 0.5) is 0 Å². The maximum atomic E-state index is 12.0. The van der Waals surface area contributed by atoms with Crippen LogP contribution in [0.15, 0.2) is 12.1 Å². The van der Waals surface area contributed by atoms with Crippen molar-refractivity contribution in [1.82, 2.24) is 10.6 Å². The summed E-state index contributed by atoms with van der Waals surface area (Å²) in [5.41, 5.74) is 0.321. The van der Waals surface area contributed by atoms with Gasteiger partial charge in [-0.1, -0.05) is 11.6 Å². The predicted molar refractivity (Wildman–Crippen MR) is 78.1 cm³/mol. The second-order valence-corrected chi connectivity index (χ2v) is 5.29. The van der Waals surface area contributed by atoms with E-state index in [-0.39, 0.29) is 18.5 Å². The van der Waals surface area contributed by atoms with Crippen molar-refractivity contribution in [3.63, 3.8) is 0 Å². The number of hydrogen-bond donors (Lipinski definition) is 2. The first kappa shape index (κ1) is 15.4. The second kappa shape index (κ2) is 6.67. The lowest BCUT2D eigenvalue weighted by atomic mass is 10.1. The van der Waals surface area contributed by atoms with Crippen molar-refractivity contribution >= 4 is 23.4 Å². The van der Waals surface area contributed by atoms with Crippen molar-refractivity contribution in [2.75, 3.05) is 19.8 Å². The van der Waals surface area contributed by atoms with Gasteiger partial charge in [-0.25, -0.2) is 0 Å². The van der Waals surface area contributed by atoms with Crippen LogP contribution >= 0.6 is 11.6 Å². The third-order valence-electron chi connectivity index (χ3n) is 2.72. The molecule has 21 heavy (non-hydrogen) atoms. The van der Waals surface area contributed by atoms with Gasteiger partial charge >= 0.3 is 0 Å². The van der Waals surface area contributed by atoms with E-state index in [4.69, 9.17) is 21.1 Å². The van der Waals surface area contributed by atoms with Crippen LogP contribution in [0.1, 0.15) is 24.2 Å². The van der Waals surface area contributed by atoms with E-state index in [1.807, 2.05) is 13.8 Å². The normalized spacial score (nSPS) is 13.0. The number of carbonyl (C=O) groups is 2. The highest BCUT2D eigenvalue weighted by molar-refractivity contribution is 6.32. The fraction of sp³-hybridized carbons (Fsp3) is 0.429. The van der Waals surface area contributed by atoms with E-state index < -0.39 is 5.91 Å². The van der Waals surface area contributed by atoms with E-state index in [1.54, 1.807) is 6.07 Å². The van der Waals surface area contributed by atoms with Gasteiger partial charge in [0.05, 0.1) is 11.6 Å². The van der Waals surface area contributed by atoms with Crippen LogP contribution < -0.4 is 20.1 Å². The van der Waals surface area contributed by atoms with Crippen molar-refractivity contribution < 1.29 is 19.1 Å². The largest absolute Gasteiger partial charge is 0.486 e. The van der Waals surface area contributed by atoms with Crippen LogP contribution in [0.3, 0.4) is 0 Å². The molecule has 1 aromatic carbocycles. The Kier molecular flexibility index (Phi) is 4.90. The molecule has 0 atom stereocenters. The molecule has 1 aliphatic rings. The number of benzene rings is 1. The Hall–Kier alpha value is -1.95. The Morgan fingerprint density at radius 1 is 1.29 bits per heavy atom. The van der Waals surface area contributed by atoms with Crippen molar-refractivity contribution in [2.24, 2.45) is 0 Å². The van der Waals surface area contributed by atoms with Crippen LogP contribution in [0.2, 0.25) is 5.02 Å². The van der Waals surface area contributed by atoms with Crippen molar-refractivity contribution in [2.45, 2.75) is 19.9 Å². The molecule has 6 nitrogen and oxygen atoms in total. The first-order valence-electron chi connectivity index (χ1n) is 6.64. The molecule has 0 aromatic heterocycles. The summed E-state index contributed by atoms with van der Waals surface area (Å²) in [6.45, 7) is 4.43. The Bertz CT molecular complexity index is 560. The zero-order valence-corrected chi connectivity index (χ0v) is 12.6. The van der Waals surface area contributed by atoms with Gasteiger partial charge in [0.25, 0.3) is 5.91 Å². The first-order chi connectivity index (χ1) is 9.97. The molecule has 0 fully saturated rings. The first-order valence-corrected chi connectivity index (χ1v) is 7.02. The molecular weight excluding hydrogens is 296 g/mol. The van der Waals surface area contributed by atoms with E-state index >= 15 is 0 Å². The number of hydrogen-bond acceptors (Lipinski definition) is 4. The molecule has 1 aromatic rings. The SMILES string of the molecule is CC(C)NC(=O)CNC(=O)c1cc(Cl)c2c(c1)OCCO2. The van der Waals surface area contributed by atoms with Crippen LogP contribution in [-0.2, 0) is 4.79 Å². The van der Waals surface area contributed by atoms with Crippen LogP contribution in [-0.4, -0.2) is 37.6 Å². The van der Waals surface area contributed by atoms with Gasteiger partial charge in [-0.05, 0) is 26.0 Å². The molecule has 0 unspecified atom stereocenters. The number of halogens is 1. The fourth-order valence-corrected chi connectivity index (χ4v) is 2.14. The monoisotopic (exact) mass is 312 g/mol. The summed E-state index contributed by atoms with van der Waals surface area (Å²) in [6, 6.07) is 3.07. The summed E-state index contributed by atoms with van der Waals surface area (Å²) < 4.78 is 10.8. The van der Waals surface area contributed by atoms with Crippen molar-refractivity contribution in [3.05, 3.63) is 22.7 Å². The molecule has 2 N–H and O–H groups in total. The molecule has 0 spiro atoms. The smallest absolute Gasteiger partial charge is 0.251 e. The zero-order chi connectivity index (χ0) is 15.4. The van der Waals surface area contributed by atoms with Gasteiger partial charge in [0.2, 0.25) is 5.91 Å². The average molecular weight is 313 g/mol. The highest BCUT2D eigenvalue weighted by Crippen LogP contribution is 2.38. The quantitative estimate of drug-likeness (QED) is 0.880. The highest BCUT2D eigenvalue weighted by atomic mass is 35.5. The minimum absolute atomic E-state index is 0.0261. The predicted octanol–water partition coefficient (Wildman–Crippen LogP) is 1.37. The average Bonchev–Trinajstić information content (AvgIpc) is 2.44. The summed E-state index contributed by atoms with van der Waals surface area (Å²) in [6.07, 6.45) is 0. The Labute approximate surface area is 127 Å². The molecule has 1 heterocycles. The summed E-state index contributed by atoms with van der Waals surface area (Å²) in [4.78, 5) is 23.5. The van der Waals surface area contributed by atoms with Gasteiger partial charge in [0, 0.05) is 11.6 Å². The maximum absolute atomic E-state index is 12.0. The van der Waals surface area contributed by atoms with Gasteiger partial charge in [0.1, 0.15) is 13.2 Å². The van der Waals surface area contributed by atoms with Gasteiger partial charge in [-0.2, -0.15) is 0 Å². The molecule has 114 valence electrons. The molecule has 7 heteroatoms. The molecular formula is C14H17ClN2O4. The van der Waals surface area contributed by atoms with Gasteiger partial charge in [-0.15, -0.1) is 0 Å². The maximum Gasteiger partial charge on any atom is 0.251 e. The van der Waals surface area contributed by atoms with E-state index in [0.717, 1.165) is 0 Å². The van der Waals surface area contributed by atoms with Crippen LogP contribution in [0, 0.1) is 0 Å². The number of ether oxygens (including phenoxy) is 2. The molecule has 0 bridgehead atoms. The van der Waals surface area contributed by atoms with E-state index in [2.05, 4.69) is 10.6 Å². The molecule has 2 rings (SSSR count). The minimum atomic E-state index is -0.396. The summed E-state index contributed by atoms with van der Waals surface area (Å²) >= 11 is 6.06. The highest BCUT2D eigenvalue weighted by Gasteiger charge is 2.19. The Morgan fingerprint density at radius 2 is 2.00 bits per heavy atom. The van der Waals surface area contributed by atoms with Crippen LogP contribution in [0.5, 0.6) is 11.5 Å². The number of amides is 2. The number of rotatable bonds is 4. The van der Waals surface area contributed by atoms with Gasteiger partial charge in [0.15, 0.2) is 11.5 Å². The fourth-order valence-electron chi connectivity index (χ4n) is 1.88. The number of fused-ring (bicyclic) bond motifs is 1. The Balaban J connectivity index is 2.03. The lowest BCUT2D eigenvalue weighted by molar-refractivity contribution is -0.120. The molecule has 0 saturated heterocycles. The topological polar surface area (TPSA) is 76.7 Å². The summed E-state index contributed by atoms with van der Waals surface area (Å²) in [7, 11) is 0. The molecule has 1 aliphatic heterocycles. The molecule has 0 saturated carbocycles. The molecule has 0 aliphatic carbocycles. The second-order valence-electron chi connectivity index (χ2n) is 4.89.